The van der Waals surface area contributed by atoms with Crippen LogP contribution in [-0.2, 0) is 0 Å². The van der Waals surface area contributed by atoms with Crippen molar-refractivity contribution in [1.29, 1.82) is 0 Å². The van der Waals surface area contributed by atoms with Gasteiger partial charge in [0, 0.05) is 6.07 Å². The van der Waals surface area contributed by atoms with Gasteiger partial charge in [-0.05, 0) is 6.07 Å². The monoisotopic (exact) mass is 319 g/mol. The van der Waals surface area contributed by atoms with E-state index < -0.39 is 47.7 Å². The number of halogens is 6. The average Bonchev–Trinajstić information content (AvgIpc) is 2.32. The maximum Gasteiger partial charge on any atom is 0.422 e. The zero-order chi connectivity index (χ0) is 16.3. The molecule has 0 amide bonds. The first-order chi connectivity index (χ1) is 9.48. The Morgan fingerprint density at radius 1 is 0.952 bits per heavy atom. The highest BCUT2D eigenvalue weighted by atomic mass is 19.4. The van der Waals surface area contributed by atoms with E-state index in [1.165, 1.54) is 0 Å². The van der Waals surface area contributed by atoms with Gasteiger partial charge in [-0.2, -0.15) is 26.3 Å². The summed E-state index contributed by atoms with van der Waals surface area (Å²) in [5.41, 5.74) is -0.647. The van der Waals surface area contributed by atoms with Gasteiger partial charge in [-0.25, -0.2) is 0 Å². The molecular weight excluding hydrogens is 312 g/mol. The fourth-order valence-electron chi connectivity index (χ4n) is 1.16. The maximum absolute atomic E-state index is 12.0. The van der Waals surface area contributed by atoms with Crippen molar-refractivity contribution in [3.63, 3.8) is 0 Å². The molecule has 0 fully saturated rings. The summed E-state index contributed by atoms with van der Waals surface area (Å²) < 4.78 is 80.6. The second kappa shape index (κ2) is 6.06. The molecule has 0 aliphatic heterocycles. The van der Waals surface area contributed by atoms with E-state index in [2.05, 4.69) is 9.47 Å². The molecule has 0 aromatic heterocycles. The summed E-state index contributed by atoms with van der Waals surface area (Å²) >= 11 is 0. The Bertz CT molecular complexity index is 513. The third-order valence-electron chi connectivity index (χ3n) is 1.92. The summed E-state index contributed by atoms with van der Waals surface area (Å²) in [5.74, 6) is -1.48. The van der Waals surface area contributed by atoms with Crippen LogP contribution in [0.3, 0.4) is 0 Å². The van der Waals surface area contributed by atoms with E-state index in [0.29, 0.717) is 6.07 Å². The standard InChI is InChI=1S/C10H7F6NO4/c11-9(12,13)4-20-7-2-1-6(17(18)19)3-8(7)21-5-10(14,15)16/h1-3H,4-5H2. The Balaban J connectivity index is 2.97. The zero-order valence-electron chi connectivity index (χ0n) is 9.99. The molecule has 1 aromatic rings. The molecule has 0 saturated heterocycles. The Labute approximate surface area is 113 Å². The van der Waals surface area contributed by atoms with Crippen LogP contribution in [0.4, 0.5) is 32.0 Å². The first-order valence-electron chi connectivity index (χ1n) is 5.15. The molecule has 0 unspecified atom stereocenters. The van der Waals surface area contributed by atoms with Gasteiger partial charge >= 0.3 is 12.4 Å². The lowest BCUT2D eigenvalue weighted by molar-refractivity contribution is -0.385. The Kier molecular flexibility index (Phi) is 4.86. The number of alkyl halides is 6. The van der Waals surface area contributed by atoms with Crippen LogP contribution in [0.5, 0.6) is 11.5 Å². The van der Waals surface area contributed by atoms with Gasteiger partial charge in [-0.1, -0.05) is 0 Å². The summed E-state index contributed by atoms with van der Waals surface area (Å²) in [6.45, 7) is -3.59. The Morgan fingerprint density at radius 3 is 1.86 bits per heavy atom. The minimum absolute atomic E-state index is 0.553. The smallest absolute Gasteiger partial charge is 0.422 e. The predicted octanol–water partition coefficient (Wildman–Crippen LogP) is 3.48. The molecular formula is C10H7F6NO4. The predicted molar refractivity (Wildman–Crippen MR) is 56.2 cm³/mol. The molecule has 0 bridgehead atoms. The molecule has 21 heavy (non-hydrogen) atoms. The van der Waals surface area contributed by atoms with Gasteiger partial charge in [0.1, 0.15) is 0 Å². The van der Waals surface area contributed by atoms with Gasteiger partial charge in [0.25, 0.3) is 5.69 Å². The van der Waals surface area contributed by atoms with Crippen LogP contribution in [0.25, 0.3) is 0 Å². The topological polar surface area (TPSA) is 61.6 Å². The first kappa shape index (κ1) is 16.9. The SMILES string of the molecule is O=[N+]([O-])c1ccc(OCC(F)(F)F)c(OCC(F)(F)F)c1. The van der Waals surface area contributed by atoms with Crippen LogP contribution < -0.4 is 9.47 Å². The fraction of sp³-hybridized carbons (Fsp3) is 0.400. The lowest BCUT2D eigenvalue weighted by Gasteiger charge is -2.14. The van der Waals surface area contributed by atoms with Gasteiger partial charge in [0.05, 0.1) is 11.0 Å². The van der Waals surface area contributed by atoms with E-state index in [1.54, 1.807) is 0 Å². The maximum atomic E-state index is 12.0. The summed E-state index contributed by atoms with van der Waals surface area (Å²) in [4.78, 5) is 9.55. The highest BCUT2D eigenvalue weighted by Gasteiger charge is 2.31. The highest BCUT2D eigenvalue weighted by Crippen LogP contribution is 2.33. The third kappa shape index (κ3) is 6.19. The summed E-state index contributed by atoms with van der Waals surface area (Å²) in [6.07, 6.45) is -9.48. The fourth-order valence-corrected chi connectivity index (χ4v) is 1.16. The summed E-state index contributed by atoms with van der Waals surface area (Å²) in [6, 6.07) is 2.07. The largest absolute Gasteiger partial charge is 0.480 e. The number of non-ortho nitro benzene ring substituents is 1. The summed E-state index contributed by atoms with van der Waals surface area (Å²) in [5, 5.41) is 10.5. The molecule has 0 heterocycles. The van der Waals surface area contributed by atoms with Crippen molar-refractivity contribution in [3.8, 4) is 11.5 Å². The molecule has 0 N–H and O–H groups in total. The van der Waals surface area contributed by atoms with Crippen LogP contribution in [0.2, 0.25) is 0 Å². The normalized spacial score (nSPS) is 12.1. The highest BCUT2D eigenvalue weighted by molar-refractivity contribution is 5.48. The van der Waals surface area contributed by atoms with Crippen LogP contribution in [0.1, 0.15) is 0 Å². The van der Waals surface area contributed by atoms with Crippen molar-refractivity contribution >= 4 is 5.69 Å². The molecule has 1 aromatic carbocycles. The van der Waals surface area contributed by atoms with Gasteiger partial charge in [0.2, 0.25) is 0 Å². The molecule has 0 atom stereocenters. The van der Waals surface area contributed by atoms with E-state index in [0.717, 1.165) is 12.1 Å². The molecule has 0 spiro atoms. The van der Waals surface area contributed by atoms with Gasteiger partial charge in [-0.15, -0.1) is 0 Å². The summed E-state index contributed by atoms with van der Waals surface area (Å²) in [7, 11) is 0. The molecule has 0 aliphatic rings. The van der Waals surface area contributed by atoms with Crippen molar-refractivity contribution in [1.82, 2.24) is 0 Å². The van der Waals surface area contributed by atoms with Gasteiger partial charge < -0.3 is 9.47 Å². The van der Waals surface area contributed by atoms with Crippen molar-refractivity contribution in [2.75, 3.05) is 13.2 Å². The molecule has 1 rings (SSSR count). The van der Waals surface area contributed by atoms with Crippen molar-refractivity contribution in [3.05, 3.63) is 28.3 Å². The van der Waals surface area contributed by atoms with Crippen LogP contribution in [0.15, 0.2) is 18.2 Å². The van der Waals surface area contributed by atoms with Gasteiger partial charge in [0.15, 0.2) is 24.7 Å². The number of nitrogens with zero attached hydrogens (tertiary/aromatic N) is 1. The van der Waals surface area contributed by atoms with Crippen molar-refractivity contribution in [2.24, 2.45) is 0 Å². The van der Waals surface area contributed by atoms with E-state index in [9.17, 15) is 36.5 Å². The molecule has 0 radical (unpaired) electrons. The zero-order valence-corrected chi connectivity index (χ0v) is 9.99. The van der Waals surface area contributed by atoms with Crippen LogP contribution in [-0.4, -0.2) is 30.5 Å². The minimum atomic E-state index is -4.76. The molecule has 0 aliphatic carbocycles. The van der Waals surface area contributed by atoms with Crippen LogP contribution >= 0.6 is 0 Å². The Hall–Kier alpha value is -2.20. The lowest BCUT2D eigenvalue weighted by Crippen LogP contribution is -2.21. The van der Waals surface area contributed by atoms with Crippen LogP contribution in [0, 0.1) is 10.1 Å². The lowest BCUT2D eigenvalue weighted by atomic mass is 10.3. The van der Waals surface area contributed by atoms with Crippen molar-refractivity contribution < 1.29 is 40.7 Å². The number of nitro benzene ring substituents is 1. The number of ether oxygens (including phenoxy) is 2. The third-order valence-corrected chi connectivity index (χ3v) is 1.92. The van der Waals surface area contributed by atoms with E-state index >= 15 is 0 Å². The van der Waals surface area contributed by atoms with Gasteiger partial charge in [-0.3, -0.25) is 10.1 Å². The number of nitro groups is 1. The number of hydrogen-bond donors (Lipinski definition) is 0. The second-order valence-corrected chi connectivity index (χ2v) is 3.70. The quantitative estimate of drug-likeness (QED) is 0.473. The molecule has 11 heteroatoms. The van der Waals surface area contributed by atoms with E-state index in [4.69, 9.17) is 0 Å². The number of rotatable bonds is 5. The molecule has 5 nitrogen and oxygen atoms in total. The number of hydrogen-bond acceptors (Lipinski definition) is 4. The minimum Gasteiger partial charge on any atom is -0.480 e. The van der Waals surface area contributed by atoms with Crippen molar-refractivity contribution in [2.45, 2.75) is 12.4 Å². The van der Waals surface area contributed by atoms with E-state index in [1.807, 2.05) is 0 Å². The second-order valence-electron chi connectivity index (χ2n) is 3.70. The van der Waals surface area contributed by atoms with E-state index in [-0.39, 0.29) is 0 Å². The first-order valence-corrected chi connectivity index (χ1v) is 5.15. The average molecular weight is 319 g/mol. The molecule has 118 valence electrons. The number of benzene rings is 1. The molecule has 0 saturated carbocycles. The Morgan fingerprint density at radius 2 is 1.43 bits per heavy atom.